The molecule has 0 amide bonds. The van der Waals surface area contributed by atoms with E-state index in [1.807, 2.05) is 43.3 Å². The minimum atomic E-state index is -0.816. The average molecular weight is 222 g/mol. The summed E-state index contributed by atoms with van der Waals surface area (Å²) in [6, 6.07) is 7.76. The Kier molecular flexibility index (Phi) is 4.31. The van der Waals surface area contributed by atoms with Gasteiger partial charge in [0, 0.05) is 25.7 Å². The van der Waals surface area contributed by atoms with Gasteiger partial charge in [-0.2, -0.15) is 0 Å². The predicted molar refractivity (Wildman–Crippen MR) is 64.8 cm³/mol. The van der Waals surface area contributed by atoms with Crippen LogP contribution in [0.25, 0.3) is 0 Å². The minimum absolute atomic E-state index is 0.0708. The largest absolute Gasteiger partial charge is 0.481 e. The van der Waals surface area contributed by atoms with Crippen LogP contribution in [0.1, 0.15) is 17.9 Å². The summed E-state index contributed by atoms with van der Waals surface area (Å²) in [6.07, 6.45) is 0.0708. The summed E-state index contributed by atoms with van der Waals surface area (Å²) < 4.78 is 0. The summed E-state index contributed by atoms with van der Waals surface area (Å²) in [7, 11) is 3.88. The van der Waals surface area contributed by atoms with Crippen molar-refractivity contribution >= 4 is 11.7 Å². The standard InChI is InChI=1S/C12H18N2O2/c1-14(2)11-6-4-3-5-10(11)9(8-13)7-12(15)16/h3-6,9H,7-8,13H2,1-2H3,(H,15,16). The van der Waals surface area contributed by atoms with Crippen molar-refractivity contribution in [3.05, 3.63) is 29.8 Å². The Morgan fingerprint density at radius 1 is 1.44 bits per heavy atom. The molecule has 0 bridgehead atoms. The molecular formula is C12H18N2O2. The number of anilines is 1. The van der Waals surface area contributed by atoms with Crippen LogP contribution in [0, 0.1) is 0 Å². The second-order valence-electron chi connectivity index (χ2n) is 3.98. The van der Waals surface area contributed by atoms with Crippen LogP contribution in [0.2, 0.25) is 0 Å². The van der Waals surface area contributed by atoms with Gasteiger partial charge >= 0.3 is 5.97 Å². The summed E-state index contributed by atoms with van der Waals surface area (Å²) in [4.78, 5) is 12.7. The van der Waals surface area contributed by atoms with E-state index in [1.54, 1.807) is 0 Å². The van der Waals surface area contributed by atoms with Crippen molar-refractivity contribution in [2.24, 2.45) is 5.73 Å². The number of hydrogen-bond acceptors (Lipinski definition) is 3. The number of carboxylic acid groups (broad SMARTS) is 1. The summed E-state index contributed by atoms with van der Waals surface area (Å²) in [6.45, 7) is 0.344. The summed E-state index contributed by atoms with van der Waals surface area (Å²) in [5.74, 6) is -0.944. The van der Waals surface area contributed by atoms with Crippen molar-refractivity contribution in [1.29, 1.82) is 0 Å². The first kappa shape index (κ1) is 12.5. The van der Waals surface area contributed by atoms with Gasteiger partial charge in [0.2, 0.25) is 0 Å². The lowest BCUT2D eigenvalue weighted by molar-refractivity contribution is -0.137. The van der Waals surface area contributed by atoms with Gasteiger partial charge in [0.25, 0.3) is 0 Å². The lowest BCUT2D eigenvalue weighted by Crippen LogP contribution is -2.20. The summed E-state index contributed by atoms with van der Waals surface area (Å²) >= 11 is 0. The molecule has 1 aromatic rings. The van der Waals surface area contributed by atoms with Crippen molar-refractivity contribution in [3.63, 3.8) is 0 Å². The second-order valence-corrected chi connectivity index (χ2v) is 3.98. The average Bonchev–Trinajstić information content (AvgIpc) is 2.25. The molecule has 1 unspecified atom stereocenters. The molecule has 0 saturated heterocycles. The Balaban J connectivity index is 3.03. The van der Waals surface area contributed by atoms with Crippen LogP contribution in [-0.2, 0) is 4.79 Å². The van der Waals surface area contributed by atoms with Crippen LogP contribution in [-0.4, -0.2) is 31.7 Å². The SMILES string of the molecule is CN(C)c1ccccc1C(CN)CC(=O)O. The van der Waals surface area contributed by atoms with Crippen LogP contribution < -0.4 is 10.6 Å². The molecule has 0 aliphatic rings. The molecule has 16 heavy (non-hydrogen) atoms. The molecule has 0 heterocycles. The zero-order valence-corrected chi connectivity index (χ0v) is 9.68. The number of nitrogens with two attached hydrogens (primary N) is 1. The monoisotopic (exact) mass is 222 g/mol. The Morgan fingerprint density at radius 3 is 2.56 bits per heavy atom. The van der Waals surface area contributed by atoms with Crippen LogP contribution in [0.3, 0.4) is 0 Å². The van der Waals surface area contributed by atoms with Crippen LogP contribution >= 0.6 is 0 Å². The summed E-state index contributed by atoms with van der Waals surface area (Å²) in [5, 5.41) is 8.84. The van der Waals surface area contributed by atoms with E-state index in [4.69, 9.17) is 10.8 Å². The summed E-state index contributed by atoms with van der Waals surface area (Å²) in [5.41, 5.74) is 7.66. The van der Waals surface area contributed by atoms with Crippen molar-refractivity contribution in [2.45, 2.75) is 12.3 Å². The smallest absolute Gasteiger partial charge is 0.304 e. The van der Waals surface area contributed by atoms with Crippen LogP contribution in [0.15, 0.2) is 24.3 Å². The molecule has 1 aromatic carbocycles. The van der Waals surface area contributed by atoms with Crippen molar-refractivity contribution in [1.82, 2.24) is 0 Å². The van der Waals surface area contributed by atoms with Gasteiger partial charge in [-0.15, -0.1) is 0 Å². The van der Waals surface area contributed by atoms with Gasteiger partial charge in [0.15, 0.2) is 0 Å². The molecule has 1 rings (SSSR count). The minimum Gasteiger partial charge on any atom is -0.481 e. The Labute approximate surface area is 95.7 Å². The van der Waals surface area contributed by atoms with Crippen molar-refractivity contribution in [2.75, 3.05) is 25.5 Å². The van der Waals surface area contributed by atoms with E-state index in [1.165, 1.54) is 0 Å². The van der Waals surface area contributed by atoms with Gasteiger partial charge < -0.3 is 15.7 Å². The molecule has 0 aliphatic carbocycles. The number of rotatable bonds is 5. The first-order valence-corrected chi connectivity index (χ1v) is 5.24. The zero-order chi connectivity index (χ0) is 12.1. The van der Waals surface area contributed by atoms with Crippen LogP contribution in [0.5, 0.6) is 0 Å². The van der Waals surface area contributed by atoms with E-state index in [0.29, 0.717) is 6.54 Å². The fraction of sp³-hybridized carbons (Fsp3) is 0.417. The maximum Gasteiger partial charge on any atom is 0.304 e. The molecule has 4 heteroatoms. The Morgan fingerprint density at radius 2 is 2.06 bits per heavy atom. The maximum atomic E-state index is 10.8. The molecule has 0 saturated carbocycles. The van der Waals surface area contributed by atoms with Gasteiger partial charge in [-0.1, -0.05) is 18.2 Å². The molecule has 4 nitrogen and oxygen atoms in total. The lowest BCUT2D eigenvalue weighted by Gasteiger charge is -2.22. The highest BCUT2D eigenvalue weighted by Gasteiger charge is 2.17. The lowest BCUT2D eigenvalue weighted by atomic mass is 9.94. The van der Waals surface area contributed by atoms with Crippen molar-refractivity contribution in [3.8, 4) is 0 Å². The van der Waals surface area contributed by atoms with Gasteiger partial charge in [0.05, 0.1) is 6.42 Å². The zero-order valence-electron chi connectivity index (χ0n) is 9.68. The molecule has 0 aromatic heterocycles. The van der Waals surface area contributed by atoms with Gasteiger partial charge in [-0.3, -0.25) is 4.79 Å². The van der Waals surface area contributed by atoms with E-state index in [9.17, 15) is 4.79 Å². The van der Waals surface area contributed by atoms with Gasteiger partial charge in [-0.25, -0.2) is 0 Å². The highest BCUT2D eigenvalue weighted by molar-refractivity contribution is 5.69. The van der Waals surface area contributed by atoms with Gasteiger partial charge in [-0.05, 0) is 18.2 Å². The Hall–Kier alpha value is -1.55. The number of carboxylic acids is 1. The second kappa shape index (κ2) is 5.51. The number of nitrogens with zero attached hydrogens (tertiary/aromatic N) is 1. The fourth-order valence-electron chi connectivity index (χ4n) is 1.77. The van der Waals surface area contributed by atoms with E-state index in [0.717, 1.165) is 11.3 Å². The van der Waals surface area contributed by atoms with Gasteiger partial charge in [0.1, 0.15) is 0 Å². The van der Waals surface area contributed by atoms with Crippen LogP contribution in [0.4, 0.5) is 5.69 Å². The molecule has 3 N–H and O–H groups in total. The first-order chi connectivity index (χ1) is 7.56. The van der Waals surface area contributed by atoms with E-state index >= 15 is 0 Å². The van der Waals surface area contributed by atoms with Crippen molar-refractivity contribution < 1.29 is 9.90 Å². The third-order valence-corrected chi connectivity index (χ3v) is 2.56. The molecule has 0 fully saturated rings. The van der Waals surface area contributed by atoms with E-state index in [-0.39, 0.29) is 12.3 Å². The maximum absolute atomic E-state index is 10.8. The third kappa shape index (κ3) is 2.97. The van der Waals surface area contributed by atoms with E-state index in [2.05, 4.69) is 0 Å². The Bertz CT molecular complexity index is 364. The highest BCUT2D eigenvalue weighted by atomic mass is 16.4. The van der Waals surface area contributed by atoms with E-state index < -0.39 is 5.97 Å². The number of aliphatic carboxylic acids is 1. The topological polar surface area (TPSA) is 66.6 Å². The third-order valence-electron chi connectivity index (χ3n) is 2.56. The molecule has 88 valence electrons. The number of hydrogen-bond donors (Lipinski definition) is 2. The molecule has 0 aliphatic heterocycles. The first-order valence-electron chi connectivity index (χ1n) is 5.24. The quantitative estimate of drug-likeness (QED) is 0.787. The number of para-hydroxylation sites is 1. The normalized spacial score (nSPS) is 12.2. The molecular weight excluding hydrogens is 204 g/mol. The highest BCUT2D eigenvalue weighted by Crippen LogP contribution is 2.28. The fourth-order valence-corrected chi connectivity index (χ4v) is 1.77. The number of benzene rings is 1. The number of carbonyl (C=O) groups is 1. The molecule has 0 spiro atoms. The predicted octanol–water partition coefficient (Wildman–Crippen LogP) is 1.27. The molecule has 1 atom stereocenters. The molecule has 0 radical (unpaired) electrons.